The van der Waals surface area contributed by atoms with Crippen molar-refractivity contribution in [1.82, 2.24) is 26.2 Å². The second kappa shape index (κ2) is 22.8. The van der Waals surface area contributed by atoms with Crippen LogP contribution in [-0.2, 0) is 19.2 Å². The van der Waals surface area contributed by atoms with Crippen molar-refractivity contribution < 1.29 is 29.1 Å². The number of amides is 5. The Morgan fingerprint density at radius 3 is 2.08 bits per heavy atom. The highest BCUT2D eigenvalue weighted by atomic mass is 16.4. The van der Waals surface area contributed by atoms with Gasteiger partial charge in [0.2, 0.25) is 17.7 Å². The number of carboxylic acids is 1. The molecular formula is C28H54N14O6. The molecule has 20 nitrogen and oxygen atoms in total. The van der Waals surface area contributed by atoms with Gasteiger partial charge in [0.05, 0.1) is 6.04 Å². The lowest BCUT2D eigenvalue weighted by atomic mass is 10.1. The molecule has 19 N–H and O–H groups in total. The van der Waals surface area contributed by atoms with Gasteiger partial charge >= 0.3 is 12.0 Å². The van der Waals surface area contributed by atoms with Crippen molar-refractivity contribution in [1.29, 1.82) is 0 Å². The van der Waals surface area contributed by atoms with Crippen LogP contribution in [0.1, 0.15) is 57.8 Å². The average molecular weight is 683 g/mol. The van der Waals surface area contributed by atoms with Crippen molar-refractivity contribution >= 4 is 41.6 Å². The van der Waals surface area contributed by atoms with Gasteiger partial charge in [0.1, 0.15) is 18.1 Å². The van der Waals surface area contributed by atoms with Gasteiger partial charge in [0.25, 0.3) is 0 Å². The number of carbonyl (C=O) groups is 5. The zero-order valence-corrected chi connectivity index (χ0v) is 27.3. The van der Waals surface area contributed by atoms with Gasteiger partial charge < -0.3 is 71.4 Å². The first kappa shape index (κ1) is 41.3. The summed E-state index contributed by atoms with van der Waals surface area (Å²) in [5.41, 5.74) is 38.8. The minimum Gasteiger partial charge on any atom is -0.480 e. The molecule has 0 bridgehead atoms. The van der Waals surface area contributed by atoms with Gasteiger partial charge in [-0.3, -0.25) is 24.4 Å². The highest BCUT2D eigenvalue weighted by Crippen LogP contribution is 2.18. The number of rotatable bonds is 23. The van der Waals surface area contributed by atoms with Gasteiger partial charge in [-0.25, -0.2) is 9.59 Å². The minimum atomic E-state index is -1.24. The van der Waals surface area contributed by atoms with Gasteiger partial charge in [0, 0.05) is 38.4 Å². The second-order valence-electron chi connectivity index (χ2n) is 11.3. The van der Waals surface area contributed by atoms with Gasteiger partial charge in [0.15, 0.2) is 11.9 Å². The molecule has 0 radical (unpaired) electrons. The van der Waals surface area contributed by atoms with E-state index in [1.807, 2.05) is 0 Å². The van der Waals surface area contributed by atoms with Crippen molar-refractivity contribution in [3.8, 4) is 0 Å². The summed E-state index contributed by atoms with van der Waals surface area (Å²) in [5, 5.41) is 20.1. The number of aliphatic imine (C=N–C) groups is 2. The Labute approximate surface area is 280 Å². The van der Waals surface area contributed by atoms with Gasteiger partial charge in [-0.15, -0.1) is 0 Å². The Balaban J connectivity index is 2.52. The van der Waals surface area contributed by atoms with E-state index in [-0.39, 0.29) is 69.3 Å². The summed E-state index contributed by atoms with van der Waals surface area (Å²) in [5.74, 6) is -3.17. The molecule has 0 aliphatic carbocycles. The van der Waals surface area contributed by atoms with Gasteiger partial charge in [-0.2, -0.15) is 0 Å². The average Bonchev–Trinajstić information content (AvgIpc) is 3.52. The number of carboxylic acid groups (broad SMARTS) is 1. The molecule has 1 aliphatic heterocycles. The number of hydrogen-bond donors (Lipinski definition) is 12. The highest BCUT2D eigenvalue weighted by Gasteiger charge is 2.36. The lowest BCUT2D eigenvalue weighted by Crippen LogP contribution is -2.56. The predicted octanol–water partition coefficient (Wildman–Crippen LogP) is -4.26. The third-order valence-corrected chi connectivity index (χ3v) is 7.26. The van der Waals surface area contributed by atoms with E-state index in [9.17, 15) is 29.1 Å². The van der Waals surface area contributed by atoms with Gasteiger partial charge in [-0.05, 0) is 64.3 Å². The van der Waals surface area contributed by atoms with Crippen LogP contribution in [0.25, 0.3) is 0 Å². The summed E-state index contributed by atoms with van der Waals surface area (Å²) >= 11 is 0. The number of guanidine groups is 2. The number of aliphatic carboxylic acids is 1. The maximum atomic E-state index is 13.4. The summed E-state index contributed by atoms with van der Waals surface area (Å²) < 4.78 is 0. The quantitative estimate of drug-likeness (QED) is 0.0276. The molecule has 20 heteroatoms. The zero-order valence-electron chi connectivity index (χ0n) is 27.3. The Kier molecular flexibility index (Phi) is 19.6. The number of urea groups is 1. The number of hydrogen-bond acceptors (Lipinski definition) is 10. The van der Waals surface area contributed by atoms with E-state index in [1.165, 1.54) is 6.20 Å². The molecule has 1 heterocycles. The molecule has 0 fully saturated rings. The summed E-state index contributed by atoms with van der Waals surface area (Å²) in [6.07, 6.45) is 6.29. The van der Waals surface area contributed by atoms with Crippen molar-refractivity contribution in [2.24, 2.45) is 50.1 Å². The smallest absolute Gasteiger partial charge is 0.326 e. The van der Waals surface area contributed by atoms with Crippen molar-refractivity contribution in [3.63, 3.8) is 0 Å². The first-order valence-electron chi connectivity index (χ1n) is 15.9. The van der Waals surface area contributed by atoms with Crippen LogP contribution in [0.2, 0.25) is 0 Å². The molecule has 0 aromatic carbocycles. The Bertz CT molecular complexity index is 1140. The molecule has 0 saturated heterocycles. The molecule has 1 aliphatic rings. The molecule has 0 aromatic heterocycles. The largest absolute Gasteiger partial charge is 0.480 e. The van der Waals surface area contributed by atoms with E-state index >= 15 is 0 Å². The van der Waals surface area contributed by atoms with Crippen LogP contribution in [0.15, 0.2) is 22.3 Å². The Hall–Kier alpha value is -4.69. The molecular weight excluding hydrogens is 628 g/mol. The Morgan fingerprint density at radius 1 is 0.833 bits per heavy atom. The lowest BCUT2D eigenvalue weighted by Gasteiger charge is -2.29. The van der Waals surface area contributed by atoms with Gasteiger partial charge in [-0.1, -0.05) is 6.08 Å². The van der Waals surface area contributed by atoms with E-state index in [2.05, 4.69) is 31.3 Å². The fourth-order valence-corrected chi connectivity index (χ4v) is 4.67. The fourth-order valence-electron chi connectivity index (χ4n) is 4.67. The molecule has 0 aromatic rings. The fraction of sp³-hybridized carbons (Fsp3) is 0.679. The Morgan fingerprint density at radius 2 is 1.48 bits per heavy atom. The number of carbonyl (C=O) groups excluding carboxylic acids is 4. The first-order valence-corrected chi connectivity index (χ1v) is 15.9. The van der Waals surface area contributed by atoms with E-state index in [4.69, 9.17) is 40.1 Å². The summed E-state index contributed by atoms with van der Waals surface area (Å²) in [4.78, 5) is 71.8. The van der Waals surface area contributed by atoms with Crippen LogP contribution < -0.4 is 61.4 Å². The van der Waals surface area contributed by atoms with Crippen LogP contribution >= 0.6 is 0 Å². The molecule has 5 amide bonds. The lowest BCUT2D eigenvalue weighted by molar-refractivity contribution is -0.144. The maximum absolute atomic E-state index is 13.4. The molecule has 0 spiro atoms. The highest BCUT2D eigenvalue weighted by molar-refractivity contribution is 5.95. The maximum Gasteiger partial charge on any atom is 0.326 e. The zero-order chi connectivity index (χ0) is 36.1. The molecule has 1 rings (SSSR count). The van der Waals surface area contributed by atoms with E-state index < -0.39 is 47.9 Å². The second-order valence-corrected chi connectivity index (χ2v) is 11.3. The predicted molar refractivity (Wildman–Crippen MR) is 181 cm³/mol. The summed E-state index contributed by atoms with van der Waals surface area (Å²) in [6, 6.07) is -4.85. The number of nitrogens with one attached hydrogen (secondary N) is 4. The van der Waals surface area contributed by atoms with E-state index in [0.29, 0.717) is 45.2 Å². The van der Waals surface area contributed by atoms with Crippen molar-refractivity contribution in [3.05, 3.63) is 12.3 Å². The molecule has 48 heavy (non-hydrogen) atoms. The molecule has 5 atom stereocenters. The third kappa shape index (κ3) is 16.7. The standard InChI is InChI=1S/C28H54N14O6/c29-11-10-19(24(45)42-15-5-9-21(42)23(44)41-20(25(46)47)8-4-14-37-27(34)35)40-22(43)18(31)7-1-2-12-38-28(48)39-16-17(30)6-3-13-36-26(32)33/h5,15,17-21H,1-4,6-14,16,29-31H2,(H,40,43)(H,41,44)(H,46,47)(H4,32,33,36)(H4,34,35,37)(H2,38,39,48)/t17-,18-,19+,20-,21-/m0/s1. The van der Waals surface area contributed by atoms with Crippen LogP contribution in [-0.4, -0.2) is 115 Å². The SMILES string of the molecule is NCC[C@@H](NC(=O)[C@@H](N)CCCCNC(=O)NC[C@@H](N)CCCN=C(N)N)C(=O)N1C=CC[C@H]1C(=O)N[C@@H](CCCN=C(N)N)C(=O)O. The number of unbranched alkanes of at least 4 members (excludes halogenated alkanes) is 1. The molecule has 0 unspecified atom stereocenters. The van der Waals surface area contributed by atoms with E-state index in [0.717, 1.165) is 4.90 Å². The number of nitrogens with two attached hydrogens (primary N) is 7. The normalized spacial score (nSPS) is 16.1. The molecule has 0 saturated carbocycles. The van der Waals surface area contributed by atoms with Crippen LogP contribution in [0, 0.1) is 0 Å². The van der Waals surface area contributed by atoms with Crippen molar-refractivity contribution in [2.75, 3.05) is 32.7 Å². The van der Waals surface area contributed by atoms with Crippen molar-refractivity contribution in [2.45, 2.75) is 88.0 Å². The first-order chi connectivity index (χ1) is 22.8. The number of nitrogens with zero attached hydrogens (tertiary/aromatic N) is 3. The summed E-state index contributed by atoms with van der Waals surface area (Å²) in [7, 11) is 0. The monoisotopic (exact) mass is 682 g/mol. The summed E-state index contributed by atoms with van der Waals surface area (Å²) in [6.45, 7) is 1.34. The minimum absolute atomic E-state index is 0.0186. The molecule has 272 valence electrons. The van der Waals surface area contributed by atoms with E-state index in [1.54, 1.807) is 6.08 Å². The van der Waals surface area contributed by atoms with Crippen LogP contribution in [0.3, 0.4) is 0 Å². The van der Waals surface area contributed by atoms with Crippen LogP contribution in [0.4, 0.5) is 4.79 Å². The van der Waals surface area contributed by atoms with Crippen LogP contribution in [0.5, 0.6) is 0 Å². The third-order valence-electron chi connectivity index (χ3n) is 7.26. The topological polar surface area (TPSA) is 364 Å².